The van der Waals surface area contributed by atoms with Gasteiger partial charge in [0.2, 0.25) is 5.76 Å². The molecule has 7 nitrogen and oxygen atoms in total. The highest BCUT2D eigenvalue weighted by atomic mass is 19.1. The first kappa shape index (κ1) is 24.3. The second kappa shape index (κ2) is 11.5. The summed E-state index contributed by atoms with van der Waals surface area (Å²) in [7, 11) is 1.39. The monoisotopic (exact) mass is 459 g/mol. The smallest absolute Gasteiger partial charge is 0.377 e. The fourth-order valence-corrected chi connectivity index (χ4v) is 3.38. The lowest BCUT2D eigenvalue weighted by Crippen LogP contribution is -2.46. The van der Waals surface area contributed by atoms with E-state index in [4.69, 9.17) is 19.7 Å². The number of carbonyl (C=O) groups is 1. The van der Waals surface area contributed by atoms with Gasteiger partial charge in [-0.05, 0) is 46.8 Å². The van der Waals surface area contributed by atoms with Gasteiger partial charge in [0.1, 0.15) is 17.7 Å². The van der Waals surface area contributed by atoms with Gasteiger partial charge in [0.25, 0.3) is 5.88 Å². The number of carbonyl (C=O) groups excluding carboxylic acids is 1. The summed E-state index contributed by atoms with van der Waals surface area (Å²) < 4.78 is 42.6. The fraction of sp³-hybridized carbons (Fsp3) is 0.333. The SMILES string of the molecule is CCc1cccc(CNCC(OC(=O)c2cc(OC)no2)C(N)Cc2cc(F)cc(F)c2)c1. The van der Waals surface area contributed by atoms with Crippen molar-refractivity contribution in [1.29, 1.82) is 0 Å². The maximum Gasteiger partial charge on any atom is 0.377 e. The lowest BCUT2D eigenvalue weighted by molar-refractivity contribution is 0.0194. The van der Waals surface area contributed by atoms with Gasteiger partial charge in [-0.1, -0.05) is 31.2 Å². The molecule has 0 amide bonds. The summed E-state index contributed by atoms with van der Waals surface area (Å²) in [4.78, 5) is 12.6. The van der Waals surface area contributed by atoms with Gasteiger partial charge in [-0.2, -0.15) is 0 Å². The zero-order chi connectivity index (χ0) is 23.8. The molecule has 2 aromatic carbocycles. The quantitative estimate of drug-likeness (QED) is 0.424. The Morgan fingerprint density at radius 1 is 1.12 bits per heavy atom. The summed E-state index contributed by atoms with van der Waals surface area (Å²) in [5.41, 5.74) is 8.94. The predicted molar refractivity (Wildman–Crippen MR) is 118 cm³/mol. The lowest BCUT2D eigenvalue weighted by Gasteiger charge is -2.24. The number of nitrogens with zero attached hydrogens (tertiary/aromatic N) is 1. The van der Waals surface area contributed by atoms with Gasteiger partial charge in [0.05, 0.1) is 13.2 Å². The van der Waals surface area contributed by atoms with Crippen LogP contribution >= 0.6 is 0 Å². The Morgan fingerprint density at radius 2 is 1.85 bits per heavy atom. The molecule has 1 aromatic heterocycles. The number of halogens is 2. The third-order valence-electron chi connectivity index (χ3n) is 5.10. The number of hydrogen-bond acceptors (Lipinski definition) is 7. The van der Waals surface area contributed by atoms with E-state index in [1.807, 2.05) is 18.2 Å². The molecule has 0 aliphatic rings. The molecule has 3 N–H and O–H groups in total. The summed E-state index contributed by atoms with van der Waals surface area (Å²) in [6, 6.07) is 11.9. The number of benzene rings is 2. The molecule has 33 heavy (non-hydrogen) atoms. The van der Waals surface area contributed by atoms with Crippen LogP contribution in [0, 0.1) is 11.6 Å². The van der Waals surface area contributed by atoms with E-state index in [1.54, 1.807) is 0 Å². The summed E-state index contributed by atoms with van der Waals surface area (Å²) in [6.45, 7) is 2.82. The molecule has 9 heteroatoms. The maximum atomic E-state index is 13.6. The number of rotatable bonds is 11. The topological polar surface area (TPSA) is 99.6 Å². The van der Waals surface area contributed by atoms with Gasteiger partial charge in [-0.3, -0.25) is 0 Å². The Kier molecular flexibility index (Phi) is 8.51. The van der Waals surface area contributed by atoms with E-state index < -0.39 is 29.7 Å². The van der Waals surface area contributed by atoms with E-state index in [1.165, 1.54) is 30.9 Å². The first-order valence-electron chi connectivity index (χ1n) is 10.6. The molecule has 0 saturated heterocycles. The van der Waals surface area contributed by atoms with Crippen molar-refractivity contribution in [3.05, 3.63) is 82.6 Å². The number of hydrogen-bond donors (Lipinski definition) is 2. The highest BCUT2D eigenvalue weighted by molar-refractivity contribution is 5.86. The number of ether oxygens (including phenoxy) is 2. The minimum absolute atomic E-state index is 0.0966. The van der Waals surface area contributed by atoms with E-state index in [0.29, 0.717) is 12.1 Å². The van der Waals surface area contributed by atoms with Crippen LogP contribution in [0.3, 0.4) is 0 Å². The zero-order valence-corrected chi connectivity index (χ0v) is 18.5. The molecule has 2 unspecified atom stereocenters. The largest absolute Gasteiger partial charge is 0.479 e. The predicted octanol–water partition coefficient (Wildman–Crippen LogP) is 3.41. The Morgan fingerprint density at radius 3 is 2.52 bits per heavy atom. The maximum absolute atomic E-state index is 13.6. The molecule has 0 aliphatic carbocycles. The van der Waals surface area contributed by atoms with Crippen molar-refractivity contribution >= 4 is 5.97 Å². The van der Waals surface area contributed by atoms with Crippen molar-refractivity contribution in [2.45, 2.75) is 38.5 Å². The van der Waals surface area contributed by atoms with Gasteiger partial charge < -0.3 is 25.0 Å². The summed E-state index contributed by atoms with van der Waals surface area (Å²) in [5, 5.41) is 6.82. The molecule has 0 saturated carbocycles. The van der Waals surface area contributed by atoms with Gasteiger partial charge in [0.15, 0.2) is 0 Å². The number of aryl methyl sites for hydroxylation is 1. The lowest BCUT2D eigenvalue weighted by atomic mass is 10.0. The average molecular weight is 459 g/mol. The highest BCUT2D eigenvalue weighted by Crippen LogP contribution is 2.16. The van der Waals surface area contributed by atoms with Crippen molar-refractivity contribution in [3.63, 3.8) is 0 Å². The summed E-state index contributed by atoms with van der Waals surface area (Å²) in [5.74, 6) is -2.18. The molecule has 0 aliphatic heterocycles. The normalized spacial score (nSPS) is 12.9. The first-order chi connectivity index (χ1) is 15.9. The molecule has 0 spiro atoms. The molecule has 0 radical (unpaired) electrons. The number of esters is 1. The average Bonchev–Trinajstić information content (AvgIpc) is 3.27. The van der Waals surface area contributed by atoms with Gasteiger partial charge in [-0.15, -0.1) is 0 Å². The van der Waals surface area contributed by atoms with Crippen LogP contribution in [0.5, 0.6) is 5.88 Å². The molecule has 3 aromatic rings. The minimum Gasteiger partial charge on any atom is -0.479 e. The van der Waals surface area contributed by atoms with E-state index in [-0.39, 0.29) is 24.6 Å². The van der Waals surface area contributed by atoms with Crippen LogP contribution in [0.2, 0.25) is 0 Å². The highest BCUT2D eigenvalue weighted by Gasteiger charge is 2.26. The molecular weight excluding hydrogens is 432 g/mol. The van der Waals surface area contributed by atoms with Crippen molar-refractivity contribution in [2.75, 3.05) is 13.7 Å². The Balaban J connectivity index is 1.70. The van der Waals surface area contributed by atoms with Crippen LogP contribution < -0.4 is 15.8 Å². The van der Waals surface area contributed by atoms with Crippen molar-refractivity contribution in [1.82, 2.24) is 10.5 Å². The second-order valence-corrected chi connectivity index (χ2v) is 7.63. The molecule has 0 bridgehead atoms. The third-order valence-corrected chi connectivity index (χ3v) is 5.10. The molecule has 1 heterocycles. The van der Waals surface area contributed by atoms with E-state index in [9.17, 15) is 13.6 Å². The molecule has 176 valence electrons. The second-order valence-electron chi connectivity index (χ2n) is 7.63. The van der Waals surface area contributed by atoms with Crippen LogP contribution in [-0.4, -0.2) is 36.9 Å². The number of nitrogens with one attached hydrogen (secondary N) is 1. The number of methoxy groups -OCH3 is 1. The minimum atomic E-state index is -0.811. The molecule has 3 rings (SSSR count). The van der Waals surface area contributed by atoms with Crippen molar-refractivity contribution in [3.8, 4) is 5.88 Å². The van der Waals surface area contributed by atoms with E-state index in [0.717, 1.165) is 18.1 Å². The molecule has 2 atom stereocenters. The fourth-order valence-electron chi connectivity index (χ4n) is 3.38. The van der Waals surface area contributed by atoms with E-state index >= 15 is 0 Å². The van der Waals surface area contributed by atoms with Crippen LogP contribution in [-0.2, 0) is 24.1 Å². The Labute approximate surface area is 190 Å². The van der Waals surface area contributed by atoms with Crippen LogP contribution in [0.25, 0.3) is 0 Å². The molecule has 0 fully saturated rings. The number of aromatic nitrogens is 1. The molecular formula is C24H27F2N3O4. The first-order valence-corrected chi connectivity index (χ1v) is 10.6. The Hall–Kier alpha value is -3.30. The Bertz CT molecular complexity index is 1050. The van der Waals surface area contributed by atoms with Gasteiger partial charge in [0, 0.05) is 25.2 Å². The van der Waals surface area contributed by atoms with Crippen LogP contribution in [0.4, 0.5) is 8.78 Å². The standard InChI is InChI=1S/C24H27F2N3O4/c1-3-15-5-4-6-16(7-15)13-28-14-22(32-24(30)21-12-23(31-2)29-33-21)20(27)10-17-8-18(25)11-19(26)9-17/h4-9,11-12,20,22,28H,3,10,13-14,27H2,1-2H3. The van der Waals surface area contributed by atoms with Gasteiger partial charge >= 0.3 is 5.97 Å². The third kappa shape index (κ3) is 7.10. The summed E-state index contributed by atoms with van der Waals surface area (Å²) in [6.07, 6.45) is 0.206. The zero-order valence-electron chi connectivity index (χ0n) is 18.5. The summed E-state index contributed by atoms with van der Waals surface area (Å²) >= 11 is 0. The van der Waals surface area contributed by atoms with Crippen molar-refractivity contribution < 1.29 is 27.6 Å². The van der Waals surface area contributed by atoms with Crippen molar-refractivity contribution in [2.24, 2.45) is 5.73 Å². The van der Waals surface area contributed by atoms with Crippen LogP contribution in [0.1, 0.15) is 34.2 Å². The van der Waals surface area contributed by atoms with E-state index in [2.05, 4.69) is 23.5 Å². The van der Waals surface area contributed by atoms with Crippen LogP contribution in [0.15, 0.2) is 53.1 Å². The number of nitrogens with two attached hydrogens (primary N) is 1. The van der Waals surface area contributed by atoms with Gasteiger partial charge in [-0.25, -0.2) is 13.6 Å².